The number of pyridine rings is 1. The summed E-state index contributed by atoms with van der Waals surface area (Å²) in [6.45, 7) is 3.29. The maximum atomic E-state index is 12.2. The lowest BCUT2D eigenvalue weighted by Crippen LogP contribution is -2.44. The van der Waals surface area contributed by atoms with E-state index in [-0.39, 0.29) is 36.4 Å². The Morgan fingerprint density at radius 3 is 2.85 bits per heavy atom. The van der Waals surface area contributed by atoms with Crippen molar-refractivity contribution in [2.45, 2.75) is 25.7 Å². The van der Waals surface area contributed by atoms with Crippen molar-refractivity contribution in [1.29, 1.82) is 0 Å². The summed E-state index contributed by atoms with van der Waals surface area (Å²) in [6, 6.07) is 5.81. The standard InChI is InChI=1S/C19H31N5O2.HI/c1-20-19(22-11-5-13-26-15-16-7-8-16)23-14-18(25)24(2)12-9-17-6-3-4-10-21-17;/h3-4,6,10,16H,5,7-9,11-15H2,1-2H3,(H2,20,22,23);1H. The van der Waals surface area contributed by atoms with E-state index in [2.05, 4.69) is 20.6 Å². The van der Waals surface area contributed by atoms with Gasteiger partial charge >= 0.3 is 0 Å². The number of hydrogen-bond donors (Lipinski definition) is 2. The smallest absolute Gasteiger partial charge is 0.241 e. The summed E-state index contributed by atoms with van der Waals surface area (Å²) in [4.78, 5) is 22.3. The third-order valence-corrected chi connectivity index (χ3v) is 4.29. The average Bonchev–Trinajstić information content (AvgIpc) is 3.49. The quantitative estimate of drug-likeness (QED) is 0.214. The Morgan fingerprint density at radius 1 is 1.37 bits per heavy atom. The summed E-state index contributed by atoms with van der Waals surface area (Å²) >= 11 is 0. The minimum Gasteiger partial charge on any atom is -0.381 e. The number of nitrogens with one attached hydrogen (secondary N) is 2. The van der Waals surface area contributed by atoms with Crippen molar-refractivity contribution in [1.82, 2.24) is 20.5 Å². The second-order valence-electron chi connectivity index (χ2n) is 6.61. The summed E-state index contributed by atoms with van der Waals surface area (Å²) in [5, 5.41) is 6.26. The third-order valence-electron chi connectivity index (χ3n) is 4.29. The maximum Gasteiger partial charge on any atom is 0.241 e. The number of carbonyl (C=O) groups is 1. The van der Waals surface area contributed by atoms with E-state index < -0.39 is 0 Å². The van der Waals surface area contributed by atoms with Gasteiger partial charge in [0, 0.05) is 58.7 Å². The van der Waals surface area contributed by atoms with Crippen molar-refractivity contribution in [2.75, 3.05) is 46.9 Å². The van der Waals surface area contributed by atoms with Gasteiger partial charge in [0.1, 0.15) is 0 Å². The van der Waals surface area contributed by atoms with E-state index >= 15 is 0 Å². The lowest BCUT2D eigenvalue weighted by Gasteiger charge is -2.18. The first kappa shape index (κ1) is 23.6. The number of carbonyl (C=O) groups excluding carboxylic acids is 1. The molecule has 1 aromatic rings. The zero-order valence-corrected chi connectivity index (χ0v) is 18.6. The average molecular weight is 489 g/mol. The zero-order valence-electron chi connectivity index (χ0n) is 16.3. The van der Waals surface area contributed by atoms with E-state index in [9.17, 15) is 4.79 Å². The van der Waals surface area contributed by atoms with Crippen molar-refractivity contribution in [3.63, 3.8) is 0 Å². The molecule has 8 heteroatoms. The van der Waals surface area contributed by atoms with Crippen LogP contribution in [0.3, 0.4) is 0 Å². The van der Waals surface area contributed by atoms with Crippen LogP contribution in [0.1, 0.15) is 25.0 Å². The number of guanidine groups is 1. The largest absolute Gasteiger partial charge is 0.381 e. The molecular weight excluding hydrogens is 457 g/mol. The molecule has 0 bridgehead atoms. The molecule has 152 valence electrons. The first-order valence-corrected chi connectivity index (χ1v) is 9.35. The highest BCUT2D eigenvalue weighted by atomic mass is 127. The van der Waals surface area contributed by atoms with Crippen LogP contribution in [0.25, 0.3) is 0 Å². The van der Waals surface area contributed by atoms with Crippen LogP contribution in [0.4, 0.5) is 0 Å². The van der Waals surface area contributed by atoms with Crippen LogP contribution < -0.4 is 10.6 Å². The van der Waals surface area contributed by atoms with E-state index in [0.29, 0.717) is 12.5 Å². The Balaban J connectivity index is 0.00000364. The topological polar surface area (TPSA) is 78.9 Å². The molecule has 0 atom stereocenters. The first-order chi connectivity index (χ1) is 12.7. The van der Waals surface area contributed by atoms with Crippen molar-refractivity contribution in [3.8, 4) is 0 Å². The van der Waals surface area contributed by atoms with Crippen molar-refractivity contribution >= 4 is 35.8 Å². The van der Waals surface area contributed by atoms with Crippen LogP contribution in [0.5, 0.6) is 0 Å². The molecule has 1 fully saturated rings. The van der Waals surface area contributed by atoms with Crippen LogP contribution in [0, 0.1) is 5.92 Å². The van der Waals surface area contributed by atoms with Crippen LogP contribution in [-0.4, -0.2) is 68.7 Å². The Morgan fingerprint density at radius 2 is 2.19 bits per heavy atom. The van der Waals surface area contributed by atoms with Crippen molar-refractivity contribution in [3.05, 3.63) is 30.1 Å². The Labute approximate surface area is 179 Å². The van der Waals surface area contributed by atoms with Crippen LogP contribution in [-0.2, 0) is 16.0 Å². The van der Waals surface area contributed by atoms with Gasteiger partial charge in [-0.3, -0.25) is 14.8 Å². The van der Waals surface area contributed by atoms with E-state index in [4.69, 9.17) is 4.74 Å². The van der Waals surface area contributed by atoms with Gasteiger partial charge in [-0.1, -0.05) is 6.07 Å². The number of amides is 1. The number of hydrogen-bond acceptors (Lipinski definition) is 4. The minimum atomic E-state index is 0. The molecule has 2 rings (SSSR count). The molecule has 0 unspecified atom stereocenters. The molecule has 1 aromatic heterocycles. The molecule has 0 spiro atoms. The zero-order chi connectivity index (χ0) is 18.6. The van der Waals surface area contributed by atoms with Crippen LogP contribution >= 0.6 is 24.0 Å². The molecule has 1 heterocycles. The highest BCUT2D eigenvalue weighted by Crippen LogP contribution is 2.28. The number of nitrogens with zero attached hydrogens (tertiary/aromatic N) is 3. The van der Waals surface area contributed by atoms with Gasteiger partial charge < -0.3 is 20.3 Å². The fraction of sp³-hybridized carbons (Fsp3) is 0.632. The summed E-state index contributed by atoms with van der Waals surface area (Å²) in [5.41, 5.74) is 0.987. The maximum absolute atomic E-state index is 12.2. The van der Waals surface area contributed by atoms with E-state index in [1.165, 1.54) is 12.8 Å². The van der Waals surface area contributed by atoms with Crippen molar-refractivity contribution in [2.24, 2.45) is 10.9 Å². The Bertz CT molecular complexity index is 566. The fourth-order valence-corrected chi connectivity index (χ4v) is 2.38. The molecular formula is C19H32IN5O2. The fourth-order valence-electron chi connectivity index (χ4n) is 2.38. The lowest BCUT2D eigenvalue weighted by atomic mass is 10.2. The predicted octanol–water partition coefficient (Wildman–Crippen LogP) is 1.68. The molecule has 27 heavy (non-hydrogen) atoms. The molecule has 0 aliphatic heterocycles. The number of rotatable bonds is 11. The van der Waals surface area contributed by atoms with Gasteiger partial charge in [-0.05, 0) is 37.3 Å². The number of aliphatic imine (C=N–C) groups is 1. The van der Waals surface area contributed by atoms with Gasteiger partial charge in [-0.25, -0.2) is 0 Å². The van der Waals surface area contributed by atoms with Gasteiger partial charge in [0.15, 0.2) is 5.96 Å². The second kappa shape index (κ2) is 13.7. The number of ether oxygens (including phenoxy) is 1. The van der Waals surface area contributed by atoms with E-state index in [1.807, 2.05) is 18.2 Å². The van der Waals surface area contributed by atoms with Gasteiger partial charge in [-0.15, -0.1) is 24.0 Å². The SMILES string of the molecule is CN=C(NCCCOCC1CC1)NCC(=O)N(C)CCc1ccccn1.I. The normalized spacial score (nSPS) is 13.6. The lowest BCUT2D eigenvalue weighted by molar-refractivity contribution is -0.128. The highest BCUT2D eigenvalue weighted by Gasteiger charge is 2.20. The molecule has 7 nitrogen and oxygen atoms in total. The molecule has 0 aromatic carbocycles. The molecule has 0 radical (unpaired) electrons. The van der Waals surface area contributed by atoms with Gasteiger partial charge in [0.05, 0.1) is 6.54 Å². The minimum absolute atomic E-state index is 0. The molecule has 0 saturated heterocycles. The first-order valence-electron chi connectivity index (χ1n) is 9.35. The molecule has 1 aliphatic carbocycles. The molecule has 2 N–H and O–H groups in total. The second-order valence-corrected chi connectivity index (χ2v) is 6.61. The highest BCUT2D eigenvalue weighted by molar-refractivity contribution is 14.0. The van der Waals surface area contributed by atoms with Crippen LogP contribution in [0.2, 0.25) is 0 Å². The third kappa shape index (κ3) is 10.5. The monoisotopic (exact) mass is 489 g/mol. The molecule has 1 saturated carbocycles. The number of likely N-dealkylation sites (N-methyl/N-ethyl adjacent to an activating group) is 1. The predicted molar refractivity (Wildman–Crippen MR) is 119 cm³/mol. The molecule has 1 amide bonds. The summed E-state index contributed by atoms with van der Waals surface area (Å²) in [5.74, 6) is 1.47. The van der Waals surface area contributed by atoms with Gasteiger partial charge in [0.2, 0.25) is 5.91 Å². The molecule has 1 aliphatic rings. The Hall–Kier alpha value is -1.42. The van der Waals surface area contributed by atoms with Crippen molar-refractivity contribution < 1.29 is 9.53 Å². The Kier molecular flexibility index (Phi) is 12.0. The van der Waals surface area contributed by atoms with Gasteiger partial charge in [0.25, 0.3) is 0 Å². The number of aromatic nitrogens is 1. The summed E-state index contributed by atoms with van der Waals surface area (Å²) in [7, 11) is 3.51. The van der Waals surface area contributed by atoms with E-state index in [0.717, 1.165) is 44.2 Å². The van der Waals surface area contributed by atoms with E-state index in [1.54, 1.807) is 25.2 Å². The van der Waals surface area contributed by atoms with Gasteiger partial charge in [-0.2, -0.15) is 0 Å². The number of halogens is 1. The van der Waals surface area contributed by atoms with Crippen LogP contribution in [0.15, 0.2) is 29.4 Å². The summed E-state index contributed by atoms with van der Waals surface area (Å²) in [6.07, 6.45) is 6.08. The summed E-state index contributed by atoms with van der Waals surface area (Å²) < 4.78 is 5.60.